The van der Waals surface area contributed by atoms with Crippen LogP contribution in [0.25, 0.3) is 0 Å². The highest BCUT2D eigenvalue weighted by molar-refractivity contribution is 6.31. The highest BCUT2D eigenvalue weighted by Gasteiger charge is 2.20. The minimum Gasteiger partial charge on any atom is -0.353 e. The van der Waals surface area contributed by atoms with Gasteiger partial charge in [0.05, 0.1) is 0 Å². The molecule has 1 N–H and O–H groups in total. The Labute approximate surface area is 157 Å². The molecule has 0 spiro atoms. The second-order valence-corrected chi connectivity index (χ2v) is 6.58. The Morgan fingerprint density at radius 3 is 2.50 bits per heavy atom. The third-order valence-corrected chi connectivity index (χ3v) is 4.77. The van der Waals surface area contributed by atoms with Gasteiger partial charge in [-0.3, -0.25) is 9.59 Å². The molecule has 8 heteroatoms. The van der Waals surface area contributed by atoms with Crippen LogP contribution in [0.15, 0.2) is 30.6 Å². The fourth-order valence-corrected chi connectivity index (χ4v) is 2.94. The minimum atomic E-state index is -0.323. The van der Waals surface area contributed by atoms with Crippen molar-refractivity contribution in [1.82, 2.24) is 14.9 Å². The first-order chi connectivity index (χ1) is 12.4. The first kappa shape index (κ1) is 18.1. The lowest BCUT2D eigenvalue weighted by molar-refractivity contribution is -0.129. The van der Waals surface area contributed by atoms with Gasteiger partial charge in [0.1, 0.15) is 17.8 Å². The van der Waals surface area contributed by atoms with Gasteiger partial charge in [-0.05, 0) is 24.6 Å². The maximum atomic E-state index is 12.5. The predicted octanol–water partition coefficient (Wildman–Crippen LogP) is 2.36. The van der Waals surface area contributed by atoms with Crippen molar-refractivity contribution in [2.45, 2.75) is 13.8 Å². The van der Waals surface area contributed by atoms with E-state index in [1.807, 2.05) is 17.9 Å². The van der Waals surface area contributed by atoms with Crippen LogP contribution in [0.2, 0.25) is 5.02 Å². The van der Waals surface area contributed by atoms with Gasteiger partial charge in [-0.25, -0.2) is 9.97 Å². The van der Waals surface area contributed by atoms with E-state index in [4.69, 9.17) is 11.6 Å². The molecule has 1 saturated heterocycles. The van der Waals surface area contributed by atoms with Gasteiger partial charge in [0, 0.05) is 49.9 Å². The van der Waals surface area contributed by atoms with E-state index in [1.165, 1.54) is 6.33 Å². The molecular weight excluding hydrogens is 354 g/mol. The van der Waals surface area contributed by atoms with Crippen LogP contribution in [0.1, 0.15) is 23.0 Å². The van der Waals surface area contributed by atoms with Crippen LogP contribution in [0.5, 0.6) is 0 Å². The number of aromatic nitrogens is 2. The van der Waals surface area contributed by atoms with E-state index in [1.54, 1.807) is 30.0 Å². The molecule has 1 aromatic carbocycles. The van der Waals surface area contributed by atoms with Gasteiger partial charge in [-0.15, -0.1) is 0 Å². The molecular formula is C18H20ClN5O2. The second-order valence-electron chi connectivity index (χ2n) is 6.17. The molecule has 0 atom stereocenters. The zero-order valence-corrected chi connectivity index (χ0v) is 15.5. The molecule has 2 aromatic rings. The lowest BCUT2D eigenvalue weighted by Crippen LogP contribution is -2.48. The van der Waals surface area contributed by atoms with Crippen molar-refractivity contribution in [1.29, 1.82) is 0 Å². The van der Waals surface area contributed by atoms with E-state index in [2.05, 4.69) is 15.3 Å². The summed E-state index contributed by atoms with van der Waals surface area (Å²) in [6.07, 6.45) is 1.38. The standard InChI is InChI=1S/C18H20ClN5O2/c1-12-3-4-14(9-15(12)19)22-18(26)16-10-17(21-11-20-16)24-7-5-23(6-8-24)13(2)25/h3-4,9-11H,5-8H2,1-2H3,(H,22,26). The molecule has 136 valence electrons. The molecule has 2 heterocycles. The number of nitrogens with zero attached hydrogens (tertiary/aromatic N) is 4. The summed E-state index contributed by atoms with van der Waals surface area (Å²) in [5.41, 5.74) is 1.83. The summed E-state index contributed by atoms with van der Waals surface area (Å²) in [7, 11) is 0. The Morgan fingerprint density at radius 1 is 1.12 bits per heavy atom. The molecule has 2 amide bonds. The molecule has 1 aromatic heterocycles. The monoisotopic (exact) mass is 373 g/mol. The Hall–Kier alpha value is -2.67. The SMILES string of the molecule is CC(=O)N1CCN(c2cc(C(=O)Nc3ccc(C)c(Cl)c3)ncn2)CC1. The smallest absolute Gasteiger partial charge is 0.274 e. The van der Waals surface area contributed by atoms with Crippen molar-refractivity contribution in [3.63, 3.8) is 0 Å². The number of rotatable bonds is 3. The second kappa shape index (κ2) is 7.70. The number of carbonyl (C=O) groups excluding carboxylic acids is 2. The van der Waals surface area contributed by atoms with Gasteiger partial charge in [0.2, 0.25) is 5.91 Å². The predicted molar refractivity (Wildman–Crippen MR) is 101 cm³/mol. The first-order valence-corrected chi connectivity index (χ1v) is 8.72. The minimum absolute atomic E-state index is 0.0733. The number of aryl methyl sites for hydroxylation is 1. The Balaban J connectivity index is 1.69. The summed E-state index contributed by atoms with van der Waals surface area (Å²) in [6, 6.07) is 7.01. The number of benzene rings is 1. The highest BCUT2D eigenvalue weighted by Crippen LogP contribution is 2.21. The van der Waals surface area contributed by atoms with Crippen LogP contribution in [-0.4, -0.2) is 52.9 Å². The van der Waals surface area contributed by atoms with Gasteiger partial charge in [0.15, 0.2) is 0 Å². The van der Waals surface area contributed by atoms with Gasteiger partial charge >= 0.3 is 0 Å². The molecule has 3 rings (SSSR count). The summed E-state index contributed by atoms with van der Waals surface area (Å²) in [5, 5.41) is 3.39. The maximum Gasteiger partial charge on any atom is 0.274 e. The van der Waals surface area contributed by atoms with Crippen LogP contribution in [0.4, 0.5) is 11.5 Å². The van der Waals surface area contributed by atoms with E-state index in [0.717, 1.165) is 5.56 Å². The summed E-state index contributed by atoms with van der Waals surface area (Å²) in [4.78, 5) is 36.1. The van der Waals surface area contributed by atoms with Gasteiger partial charge in [-0.1, -0.05) is 17.7 Å². The van der Waals surface area contributed by atoms with Crippen LogP contribution >= 0.6 is 11.6 Å². The molecule has 0 radical (unpaired) electrons. The molecule has 1 fully saturated rings. The van der Waals surface area contributed by atoms with Crippen LogP contribution in [0, 0.1) is 6.92 Å². The lowest BCUT2D eigenvalue weighted by Gasteiger charge is -2.34. The number of hydrogen-bond donors (Lipinski definition) is 1. The number of halogens is 1. The number of hydrogen-bond acceptors (Lipinski definition) is 5. The molecule has 7 nitrogen and oxygen atoms in total. The summed E-state index contributed by atoms with van der Waals surface area (Å²) >= 11 is 6.09. The molecule has 1 aliphatic heterocycles. The molecule has 0 saturated carbocycles. The van der Waals surface area contributed by atoms with Crippen molar-refractivity contribution in [2.24, 2.45) is 0 Å². The average Bonchev–Trinajstić information content (AvgIpc) is 2.65. The molecule has 0 aliphatic carbocycles. The van der Waals surface area contributed by atoms with Crippen molar-refractivity contribution in [3.8, 4) is 0 Å². The zero-order valence-electron chi connectivity index (χ0n) is 14.7. The quantitative estimate of drug-likeness (QED) is 0.893. The van der Waals surface area contributed by atoms with Crippen molar-refractivity contribution < 1.29 is 9.59 Å². The van der Waals surface area contributed by atoms with E-state index >= 15 is 0 Å². The summed E-state index contributed by atoms with van der Waals surface area (Å²) in [5.74, 6) is 0.426. The van der Waals surface area contributed by atoms with E-state index < -0.39 is 0 Å². The maximum absolute atomic E-state index is 12.5. The van der Waals surface area contributed by atoms with Crippen molar-refractivity contribution >= 4 is 34.9 Å². The topological polar surface area (TPSA) is 78.4 Å². The molecule has 0 bridgehead atoms. The largest absolute Gasteiger partial charge is 0.353 e. The number of carbonyl (C=O) groups is 2. The fraction of sp³-hybridized carbons (Fsp3) is 0.333. The van der Waals surface area contributed by atoms with Gasteiger partial charge < -0.3 is 15.1 Å². The lowest BCUT2D eigenvalue weighted by atomic mass is 10.2. The zero-order chi connectivity index (χ0) is 18.7. The Kier molecular flexibility index (Phi) is 5.37. The van der Waals surface area contributed by atoms with E-state index in [0.29, 0.717) is 42.7 Å². The Bertz CT molecular complexity index is 834. The van der Waals surface area contributed by atoms with Crippen LogP contribution in [-0.2, 0) is 4.79 Å². The van der Waals surface area contributed by atoms with Gasteiger partial charge in [0.25, 0.3) is 5.91 Å². The normalized spacial score (nSPS) is 14.3. The molecule has 0 unspecified atom stereocenters. The third-order valence-electron chi connectivity index (χ3n) is 4.36. The van der Waals surface area contributed by atoms with Crippen molar-refractivity contribution in [3.05, 3.63) is 46.9 Å². The number of anilines is 2. The molecule has 26 heavy (non-hydrogen) atoms. The third kappa shape index (κ3) is 4.11. The number of nitrogens with one attached hydrogen (secondary N) is 1. The summed E-state index contributed by atoms with van der Waals surface area (Å²) < 4.78 is 0. The number of piperazine rings is 1. The Morgan fingerprint density at radius 2 is 1.85 bits per heavy atom. The highest BCUT2D eigenvalue weighted by atomic mass is 35.5. The fourth-order valence-electron chi connectivity index (χ4n) is 2.76. The summed E-state index contributed by atoms with van der Waals surface area (Å²) in [6.45, 7) is 6.10. The number of amides is 2. The van der Waals surface area contributed by atoms with Crippen LogP contribution in [0.3, 0.4) is 0 Å². The van der Waals surface area contributed by atoms with Crippen LogP contribution < -0.4 is 10.2 Å². The van der Waals surface area contributed by atoms with Crippen molar-refractivity contribution in [2.75, 3.05) is 36.4 Å². The average molecular weight is 374 g/mol. The van der Waals surface area contributed by atoms with E-state index in [9.17, 15) is 9.59 Å². The molecule has 1 aliphatic rings. The first-order valence-electron chi connectivity index (χ1n) is 8.34. The van der Waals surface area contributed by atoms with E-state index in [-0.39, 0.29) is 17.5 Å². The van der Waals surface area contributed by atoms with Gasteiger partial charge in [-0.2, -0.15) is 0 Å².